The van der Waals surface area contributed by atoms with Crippen molar-refractivity contribution in [3.63, 3.8) is 0 Å². The molecular weight excluding hydrogens is 264 g/mol. The molecule has 0 amide bonds. The van der Waals surface area contributed by atoms with E-state index in [4.69, 9.17) is 0 Å². The van der Waals surface area contributed by atoms with E-state index >= 15 is 0 Å². The fraction of sp³-hybridized carbons (Fsp3) is 0.273. The number of hydrogen-bond acceptors (Lipinski definition) is 0. The monoisotopic (exact) mass is 290 g/mol. The summed E-state index contributed by atoms with van der Waals surface area (Å²) in [5.74, 6) is 0. The highest BCUT2D eigenvalue weighted by atomic mass is 14.2. The van der Waals surface area contributed by atoms with Gasteiger partial charge in [-0.3, -0.25) is 0 Å². The normalized spacial score (nSPS) is 15.7. The maximum absolute atomic E-state index is 3.90. The van der Waals surface area contributed by atoms with Crippen LogP contribution in [0.1, 0.15) is 50.3 Å². The Morgan fingerprint density at radius 2 is 1.95 bits per heavy atom. The predicted molar refractivity (Wildman–Crippen MR) is 99.8 cm³/mol. The Bertz CT molecular complexity index is 691. The molecule has 1 aromatic carbocycles. The lowest BCUT2D eigenvalue weighted by atomic mass is 9.87. The fourth-order valence-electron chi connectivity index (χ4n) is 2.97. The molecule has 2 rings (SSSR count). The Labute approximate surface area is 135 Å². The van der Waals surface area contributed by atoms with Crippen LogP contribution in [0, 0.1) is 6.92 Å². The van der Waals surface area contributed by atoms with Gasteiger partial charge in [0.15, 0.2) is 0 Å². The molecule has 0 fully saturated rings. The number of hydrogen-bond donors (Lipinski definition) is 0. The minimum absolute atomic E-state index is 1.07. The summed E-state index contributed by atoms with van der Waals surface area (Å²) in [4.78, 5) is 0. The highest BCUT2D eigenvalue weighted by molar-refractivity contribution is 5.78. The Balaban J connectivity index is 2.42. The van der Waals surface area contributed by atoms with Crippen LogP contribution in [0.3, 0.4) is 0 Å². The van der Waals surface area contributed by atoms with Gasteiger partial charge >= 0.3 is 0 Å². The molecule has 0 saturated heterocycles. The van der Waals surface area contributed by atoms with Gasteiger partial charge in [-0.05, 0) is 73.9 Å². The van der Waals surface area contributed by atoms with Crippen molar-refractivity contribution in [2.75, 3.05) is 0 Å². The van der Waals surface area contributed by atoms with E-state index in [1.165, 1.54) is 33.4 Å². The molecule has 0 heteroatoms. The lowest BCUT2D eigenvalue weighted by Crippen LogP contribution is -1.98. The zero-order valence-electron chi connectivity index (χ0n) is 14.2. The summed E-state index contributed by atoms with van der Waals surface area (Å²) in [6.45, 7) is 12.5. The predicted octanol–water partition coefficient (Wildman–Crippen LogP) is 6.65. The third kappa shape index (κ3) is 3.76. The van der Waals surface area contributed by atoms with Gasteiger partial charge in [-0.25, -0.2) is 0 Å². The molecule has 0 heterocycles. The number of benzene rings is 1. The molecule has 0 radical (unpaired) electrons. The van der Waals surface area contributed by atoms with E-state index in [1.807, 2.05) is 13.0 Å². The Morgan fingerprint density at radius 1 is 1.18 bits per heavy atom. The van der Waals surface area contributed by atoms with Crippen molar-refractivity contribution in [2.24, 2.45) is 0 Å². The van der Waals surface area contributed by atoms with Crippen molar-refractivity contribution in [1.29, 1.82) is 0 Å². The first-order chi connectivity index (χ1) is 10.5. The summed E-state index contributed by atoms with van der Waals surface area (Å²) in [6, 6.07) is 6.65. The second kappa shape index (κ2) is 7.26. The van der Waals surface area contributed by atoms with E-state index in [-0.39, 0.29) is 0 Å². The first kappa shape index (κ1) is 16.3. The maximum atomic E-state index is 3.90. The minimum Gasteiger partial charge on any atom is -0.0961 e. The molecule has 1 aliphatic rings. The zero-order chi connectivity index (χ0) is 16.1. The summed E-state index contributed by atoms with van der Waals surface area (Å²) >= 11 is 0. The van der Waals surface area contributed by atoms with Crippen LogP contribution in [0.25, 0.3) is 11.1 Å². The summed E-state index contributed by atoms with van der Waals surface area (Å²) in [7, 11) is 0. The van der Waals surface area contributed by atoms with E-state index in [0.29, 0.717) is 0 Å². The third-order valence-corrected chi connectivity index (χ3v) is 4.22. The summed E-state index contributed by atoms with van der Waals surface area (Å²) in [6.07, 6.45) is 13.1. The molecule has 0 aliphatic heterocycles. The van der Waals surface area contributed by atoms with Gasteiger partial charge in [0, 0.05) is 0 Å². The molecule has 0 aromatic heterocycles. The molecule has 1 aromatic rings. The highest BCUT2D eigenvalue weighted by Gasteiger charge is 2.12. The molecule has 0 atom stereocenters. The van der Waals surface area contributed by atoms with Crippen LogP contribution < -0.4 is 0 Å². The van der Waals surface area contributed by atoms with Crippen LogP contribution in [0.15, 0.2) is 66.3 Å². The molecule has 0 unspecified atom stereocenters. The molecule has 114 valence electrons. The molecule has 0 N–H and O–H groups in total. The zero-order valence-corrected chi connectivity index (χ0v) is 14.2. The van der Waals surface area contributed by atoms with Gasteiger partial charge in [0.2, 0.25) is 0 Å². The quantitative estimate of drug-likeness (QED) is 0.544. The van der Waals surface area contributed by atoms with Crippen LogP contribution in [-0.2, 0) is 0 Å². The highest BCUT2D eigenvalue weighted by Crippen LogP contribution is 2.33. The van der Waals surface area contributed by atoms with Crippen LogP contribution in [0.4, 0.5) is 0 Å². The van der Waals surface area contributed by atoms with E-state index in [9.17, 15) is 0 Å². The smallest absolute Gasteiger partial charge is 0.0186 e. The van der Waals surface area contributed by atoms with Crippen LogP contribution in [-0.4, -0.2) is 0 Å². The lowest BCUT2D eigenvalue weighted by molar-refractivity contribution is 1.03. The van der Waals surface area contributed by atoms with Gasteiger partial charge in [-0.2, -0.15) is 0 Å². The minimum atomic E-state index is 1.07. The second-order valence-corrected chi connectivity index (χ2v) is 6.14. The van der Waals surface area contributed by atoms with Crippen molar-refractivity contribution in [3.8, 4) is 0 Å². The number of allylic oxidation sites excluding steroid dienone is 9. The molecule has 0 bridgehead atoms. The second-order valence-electron chi connectivity index (χ2n) is 6.14. The standard InChI is InChI=1S/C22H26/c1-16(2)10-8-12-17(3)20-14-9-15-22(19(20)5)21-13-7-6-11-18(21)4/h6,8-12,14-15H,1,7,13H2,2-5H3/b10-8-,17-12+. The summed E-state index contributed by atoms with van der Waals surface area (Å²) < 4.78 is 0. The number of rotatable bonds is 4. The van der Waals surface area contributed by atoms with Crippen molar-refractivity contribution < 1.29 is 0 Å². The molecule has 0 spiro atoms. The molecule has 0 saturated carbocycles. The van der Waals surface area contributed by atoms with Gasteiger partial charge in [0.25, 0.3) is 0 Å². The fourth-order valence-corrected chi connectivity index (χ4v) is 2.97. The van der Waals surface area contributed by atoms with Crippen molar-refractivity contribution in [3.05, 3.63) is 83.0 Å². The van der Waals surface area contributed by atoms with E-state index in [1.54, 1.807) is 0 Å². The third-order valence-electron chi connectivity index (χ3n) is 4.22. The average Bonchev–Trinajstić information content (AvgIpc) is 2.48. The Morgan fingerprint density at radius 3 is 2.64 bits per heavy atom. The van der Waals surface area contributed by atoms with E-state index < -0.39 is 0 Å². The van der Waals surface area contributed by atoms with Crippen molar-refractivity contribution >= 4 is 11.1 Å². The maximum Gasteiger partial charge on any atom is -0.0186 e. The average molecular weight is 290 g/mol. The summed E-state index contributed by atoms with van der Waals surface area (Å²) in [5.41, 5.74) is 9.37. The molecular formula is C22H26. The first-order valence-electron chi connectivity index (χ1n) is 7.98. The molecule has 0 nitrogen and oxygen atoms in total. The lowest BCUT2D eigenvalue weighted by Gasteiger charge is -2.18. The summed E-state index contributed by atoms with van der Waals surface area (Å²) in [5, 5.41) is 0. The van der Waals surface area contributed by atoms with Crippen LogP contribution in [0.2, 0.25) is 0 Å². The molecule has 22 heavy (non-hydrogen) atoms. The van der Waals surface area contributed by atoms with Crippen LogP contribution in [0.5, 0.6) is 0 Å². The van der Waals surface area contributed by atoms with Gasteiger partial charge in [-0.1, -0.05) is 60.7 Å². The van der Waals surface area contributed by atoms with Gasteiger partial charge in [0.05, 0.1) is 0 Å². The Hall–Kier alpha value is -2.08. The topological polar surface area (TPSA) is 0 Å². The SMILES string of the molecule is C=C(C)/C=C\C=C(/C)c1cccc(C2=C(C)C=CCC2)c1C. The van der Waals surface area contributed by atoms with Gasteiger partial charge in [0.1, 0.15) is 0 Å². The van der Waals surface area contributed by atoms with Crippen LogP contribution >= 0.6 is 0 Å². The van der Waals surface area contributed by atoms with Gasteiger partial charge < -0.3 is 0 Å². The molecule has 1 aliphatic carbocycles. The first-order valence-corrected chi connectivity index (χ1v) is 7.98. The van der Waals surface area contributed by atoms with E-state index in [0.717, 1.165) is 18.4 Å². The van der Waals surface area contributed by atoms with E-state index in [2.05, 4.69) is 69.9 Å². The van der Waals surface area contributed by atoms with Gasteiger partial charge in [-0.15, -0.1) is 0 Å². The largest absolute Gasteiger partial charge is 0.0961 e. The van der Waals surface area contributed by atoms with Crippen molar-refractivity contribution in [2.45, 2.75) is 40.5 Å². The van der Waals surface area contributed by atoms with Crippen molar-refractivity contribution in [1.82, 2.24) is 0 Å². The Kier molecular flexibility index (Phi) is 5.38.